The number of hydrogen-bond donors (Lipinski definition) is 2. The predicted molar refractivity (Wildman–Crippen MR) is 93.2 cm³/mol. The summed E-state index contributed by atoms with van der Waals surface area (Å²) >= 11 is 0. The van der Waals surface area contributed by atoms with Gasteiger partial charge in [-0.25, -0.2) is 4.79 Å². The molecule has 24 heavy (non-hydrogen) atoms. The van der Waals surface area contributed by atoms with Crippen molar-refractivity contribution in [3.8, 4) is 5.75 Å². The lowest BCUT2D eigenvalue weighted by atomic mass is 10.1. The Morgan fingerprint density at radius 3 is 2.71 bits per heavy atom. The number of aliphatic carboxylic acids is 1. The summed E-state index contributed by atoms with van der Waals surface area (Å²) in [5.41, 5.74) is 3.30. The Labute approximate surface area is 140 Å². The van der Waals surface area contributed by atoms with E-state index >= 15 is 0 Å². The Morgan fingerprint density at radius 1 is 1.17 bits per heavy atom. The van der Waals surface area contributed by atoms with E-state index in [1.807, 2.05) is 32.0 Å². The van der Waals surface area contributed by atoms with Gasteiger partial charge in [-0.15, -0.1) is 0 Å². The number of aryl methyl sites for hydroxylation is 2. The number of amides is 1. The minimum absolute atomic E-state index is 0.0977. The minimum atomic E-state index is -1.02. The molecule has 2 aromatic carbocycles. The minimum Gasteiger partial charge on any atom is -0.483 e. The van der Waals surface area contributed by atoms with Gasteiger partial charge in [-0.2, -0.15) is 0 Å². The molecule has 0 aliphatic heterocycles. The van der Waals surface area contributed by atoms with Gasteiger partial charge in [0.1, 0.15) is 5.75 Å². The van der Waals surface area contributed by atoms with Crippen LogP contribution in [-0.2, 0) is 9.59 Å². The number of benzene rings is 2. The van der Waals surface area contributed by atoms with Crippen molar-refractivity contribution in [1.82, 2.24) is 0 Å². The summed E-state index contributed by atoms with van der Waals surface area (Å²) in [7, 11) is 0. The number of anilines is 1. The Hall–Kier alpha value is -3.08. The molecule has 5 nitrogen and oxygen atoms in total. The first-order valence-electron chi connectivity index (χ1n) is 7.45. The summed E-state index contributed by atoms with van der Waals surface area (Å²) in [5, 5.41) is 11.4. The van der Waals surface area contributed by atoms with Crippen molar-refractivity contribution in [2.75, 3.05) is 11.9 Å². The largest absolute Gasteiger partial charge is 0.483 e. The third kappa shape index (κ3) is 5.28. The molecule has 0 fully saturated rings. The number of hydrogen-bond acceptors (Lipinski definition) is 3. The van der Waals surface area contributed by atoms with Gasteiger partial charge in [-0.05, 0) is 54.8 Å². The molecule has 0 radical (unpaired) electrons. The molecule has 0 saturated carbocycles. The molecule has 0 saturated heterocycles. The van der Waals surface area contributed by atoms with E-state index in [1.54, 1.807) is 24.3 Å². The maximum Gasteiger partial charge on any atom is 0.328 e. The topological polar surface area (TPSA) is 75.6 Å². The fraction of sp³-hybridized carbons (Fsp3) is 0.158. The molecule has 124 valence electrons. The lowest BCUT2D eigenvalue weighted by Gasteiger charge is -2.10. The lowest BCUT2D eigenvalue weighted by Crippen LogP contribution is -2.20. The number of nitrogens with one attached hydrogen (secondary N) is 1. The highest BCUT2D eigenvalue weighted by molar-refractivity contribution is 5.92. The van der Waals surface area contributed by atoms with E-state index in [1.165, 1.54) is 6.08 Å². The van der Waals surface area contributed by atoms with E-state index in [0.717, 1.165) is 17.2 Å². The van der Waals surface area contributed by atoms with Gasteiger partial charge in [0.05, 0.1) is 0 Å². The van der Waals surface area contributed by atoms with Crippen LogP contribution in [0.25, 0.3) is 6.08 Å². The summed E-state index contributed by atoms with van der Waals surface area (Å²) in [6, 6.07) is 12.7. The van der Waals surface area contributed by atoms with Gasteiger partial charge >= 0.3 is 5.97 Å². The molecular weight excluding hydrogens is 306 g/mol. The molecule has 0 atom stereocenters. The molecular formula is C19H19NO4. The van der Waals surface area contributed by atoms with Crippen LogP contribution in [0.5, 0.6) is 5.75 Å². The standard InChI is InChI=1S/C19H19NO4/c1-13-6-7-14(2)17(10-13)24-12-18(21)20-16-5-3-4-15(11-16)8-9-19(22)23/h3-11H,12H2,1-2H3,(H,20,21)(H,22,23)/b9-8+. The van der Waals surface area contributed by atoms with Crippen molar-refractivity contribution in [3.05, 3.63) is 65.2 Å². The van der Waals surface area contributed by atoms with Crippen LogP contribution in [0, 0.1) is 13.8 Å². The average Bonchev–Trinajstić information content (AvgIpc) is 2.54. The molecule has 1 amide bonds. The first-order valence-corrected chi connectivity index (χ1v) is 7.45. The molecule has 0 aliphatic carbocycles. The summed E-state index contributed by atoms with van der Waals surface area (Å²) < 4.78 is 5.56. The van der Waals surface area contributed by atoms with Crippen molar-refractivity contribution < 1.29 is 19.4 Å². The number of ether oxygens (including phenoxy) is 1. The van der Waals surface area contributed by atoms with Crippen LogP contribution in [0.15, 0.2) is 48.5 Å². The van der Waals surface area contributed by atoms with Gasteiger partial charge in [0.15, 0.2) is 6.61 Å². The Bertz CT molecular complexity index is 781. The van der Waals surface area contributed by atoms with E-state index in [2.05, 4.69) is 5.32 Å². The normalized spacial score (nSPS) is 10.6. The molecule has 0 unspecified atom stereocenters. The van der Waals surface area contributed by atoms with E-state index in [9.17, 15) is 9.59 Å². The van der Waals surface area contributed by atoms with Gasteiger partial charge in [0, 0.05) is 11.8 Å². The average molecular weight is 325 g/mol. The Kier molecular flexibility index (Phi) is 5.73. The van der Waals surface area contributed by atoms with Gasteiger partial charge < -0.3 is 15.2 Å². The van der Waals surface area contributed by atoms with Gasteiger partial charge in [-0.1, -0.05) is 24.3 Å². The van der Waals surface area contributed by atoms with Gasteiger partial charge in [0.25, 0.3) is 5.91 Å². The van der Waals surface area contributed by atoms with Crippen LogP contribution in [0.2, 0.25) is 0 Å². The van der Waals surface area contributed by atoms with E-state index in [-0.39, 0.29) is 12.5 Å². The monoisotopic (exact) mass is 325 g/mol. The molecule has 2 N–H and O–H groups in total. The SMILES string of the molecule is Cc1ccc(C)c(OCC(=O)Nc2cccc(/C=C/C(=O)O)c2)c1. The van der Waals surface area contributed by atoms with Crippen molar-refractivity contribution in [3.63, 3.8) is 0 Å². The fourth-order valence-corrected chi connectivity index (χ4v) is 2.09. The summed E-state index contributed by atoms with van der Waals surface area (Å²) in [6.07, 6.45) is 2.51. The van der Waals surface area contributed by atoms with Crippen molar-refractivity contribution in [1.29, 1.82) is 0 Å². The first-order chi connectivity index (χ1) is 11.4. The Balaban J connectivity index is 1.96. The number of carbonyl (C=O) groups excluding carboxylic acids is 1. The zero-order chi connectivity index (χ0) is 17.5. The smallest absolute Gasteiger partial charge is 0.328 e. The molecule has 2 rings (SSSR count). The highest BCUT2D eigenvalue weighted by Crippen LogP contribution is 2.19. The third-order valence-corrected chi connectivity index (χ3v) is 3.29. The third-order valence-electron chi connectivity index (χ3n) is 3.29. The molecule has 0 spiro atoms. The van der Waals surface area contributed by atoms with Crippen LogP contribution in [0.1, 0.15) is 16.7 Å². The van der Waals surface area contributed by atoms with Crippen LogP contribution in [0.3, 0.4) is 0 Å². The van der Waals surface area contributed by atoms with Gasteiger partial charge in [0.2, 0.25) is 0 Å². The van der Waals surface area contributed by atoms with Crippen LogP contribution in [-0.4, -0.2) is 23.6 Å². The lowest BCUT2D eigenvalue weighted by molar-refractivity contribution is -0.131. The number of rotatable bonds is 6. The zero-order valence-electron chi connectivity index (χ0n) is 13.6. The van der Waals surface area contributed by atoms with E-state index in [0.29, 0.717) is 17.0 Å². The number of carboxylic acid groups (broad SMARTS) is 1. The molecule has 2 aromatic rings. The van der Waals surface area contributed by atoms with Crippen molar-refractivity contribution >= 4 is 23.6 Å². The summed E-state index contributed by atoms with van der Waals surface area (Å²) in [6.45, 7) is 3.78. The summed E-state index contributed by atoms with van der Waals surface area (Å²) in [5.74, 6) is -0.620. The highest BCUT2D eigenvalue weighted by atomic mass is 16.5. The van der Waals surface area contributed by atoms with Crippen LogP contribution in [0.4, 0.5) is 5.69 Å². The van der Waals surface area contributed by atoms with E-state index in [4.69, 9.17) is 9.84 Å². The molecule has 0 bridgehead atoms. The maximum atomic E-state index is 12.0. The predicted octanol–water partition coefficient (Wildman–Crippen LogP) is 3.42. The second kappa shape index (κ2) is 7.97. The quantitative estimate of drug-likeness (QED) is 0.798. The Morgan fingerprint density at radius 2 is 1.96 bits per heavy atom. The van der Waals surface area contributed by atoms with Crippen molar-refractivity contribution in [2.24, 2.45) is 0 Å². The van der Waals surface area contributed by atoms with E-state index < -0.39 is 5.97 Å². The number of carbonyl (C=O) groups is 2. The first kappa shape index (κ1) is 17.3. The second-order valence-electron chi connectivity index (χ2n) is 5.40. The van der Waals surface area contributed by atoms with Crippen LogP contribution >= 0.6 is 0 Å². The summed E-state index contributed by atoms with van der Waals surface area (Å²) in [4.78, 5) is 22.5. The fourth-order valence-electron chi connectivity index (χ4n) is 2.09. The molecule has 0 aliphatic rings. The highest BCUT2D eigenvalue weighted by Gasteiger charge is 2.06. The molecule has 0 heterocycles. The number of carboxylic acids is 1. The molecule has 5 heteroatoms. The van der Waals surface area contributed by atoms with Crippen LogP contribution < -0.4 is 10.1 Å². The van der Waals surface area contributed by atoms with Crippen molar-refractivity contribution in [2.45, 2.75) is 13.8 Å². The second-order valence-corrected chi connectivity index (χ2v) is 5.40. The molecule has 0 aromatic heterocycles. The van der Waals surface area contributed by atoms with Gasteiger partial charge in [-0.3, -0.25) is 4.79 Å². The zero-order valence-corrected chi connectivity index (χ0v) is 13.6. The maximum absolute atomic E-state index is 12.0.